The van der Waals surface area contributed by atoms with Crippen molar-refractivity contribution in [3.05, 3.63) is 20.8 Å². The summed E-state index contributed by atoms with van der Waals surface area (Å²) < 4.78 is 1.77. The molecule has 9 heteroatoms. The van der Waals surface area contributed by atoms with E-state index in [1.54, 1.807) is 4.57 Å². The summed E-state index contributed by atoms with van der Waals surface area (Å²) in [7, 11) is 1.45. The van der Waals surface area contributed by atoms with Crippen LogP contribution in [0.3, 0.4) is 0 Å². The number of carbonyl (C=O) groups is 2. The van der Waals surface area contributed by atoms with Gasteiger partial charge in [0.2, 0.25) is 5.91 Å². The SMILES string of the molecule is CNC(=O)NC(=O)CSc1nc2sc(C)c(C)c2c(=O)n1C1CCCC1. The van der Waals surface area contributed by atoms with E-state index in [0.29, 0.717) is 15.4 Å². The first-order valence-corrected chi connectivity index (χ1v) is 10.4. The number of fused-ring (bicyclic) bond motifs is 1. The lowest BCUT2D eigenvalue weighted by Gasteiger charge is -2.17. The molecule has 1 aliphatic rings. The minimum Gasteiger partial charge on any atom is -0.341 e. The van der Waals surface area contributed by atoms with Crippen molar-refractivity contribution < 1.29 is 9.59 Å². The Kier molecular flexibility index (Phi) is 5.67. The third-order valence-corrected chi connectivity index (χ3v) is 6.76. The van der Waals surface area contributed by atoms with Gasteiger partial charge in [-0.2, -0.15) is 0 Å². The summed E-state index contributed by atoms with van der Waals surface area (Å²) in [4.78, 5) is 42.9. The first kappa shape index (κ1) is 18.9. The van der Waals surface area contributed by atoms with Crippen molar-refractivity contribution in [2.45, 2.75) is 50.7 Å². The lowest BCUT2D eigenvalue weighted by atomic mass is 10.2. The van der Waals surface area contributed by atoms with Gasteiger partial charge in [0, 0.05) is 18.0 Å². The second kappa shape index (κ2) is 7.79. The standard InChI is InChI=1S/C17H22N4O3S2/c1-9-10(2)26-14-13(9)15(23)21(11-6-4-5-7-11)17(20-14)25-8-12(22)19-16(24)18-3/h11H,4-8H2,1-3H3,(H2,18,19,22,24). The Bertz CT molecular complexity index is 913. The van der Waals surface area contributed by atoms with Crippen LogP contribution >= 0.6 is 23.1 Å². The summed E-state index contributed by atoms with van der Waals surface area (Å²) in [6, 6.07) is -0.416. The number of aryl methyl sites for hydroxylation is 2. The van der Waals surface area contributed by atoms with E-state index in [1.165, 1.54) is 30.1 Å². The monoisotopic (exact) mass is 394 g/mol. The number of urea groups is 1. The quantitative estimate of drug-likeness (QED) is 0.614. The lowest BCUT2D eigenvalue weighted by Crippen LogP contribution is -2.38. The molecule has 140 valence electrons. The molecule has 0 atom stereocenters. The number of amides is 3. The molecule has 3 rings (SSSR count). The first-order chi connectivity index (χ1) is 12.4. The first-order valence-electron chi connectivity index (χ1n) is 8.59. The summed E-state index contributed by atoms with van der Waals surface area (Å²) in [5.74, 6) is -0.387. The molecule has 2 N–H and O–H groups in total. The minimum absolute atomic E-state index is 0.0158. The molecule has 1 saturated carbocycles. The summed E-state index contributed by atoms with van der Waals surface area (Å²) in [6.07, 6.45) is 4.09. The number of carbonyl (C=O) groups excluding carboxylic acids is 2. The normalized spacial score (nSPS) is 14.7. The van der Waals surface area contributed by atoms with E-state index in [1.807, 2.05) is 13.8 Å². The maximum Gasteiger partial charge on any atom is 0.321 e. The molecule has 0 spiro atoms. The molecule has 0 bridgehead atoms. The van der Waals surface area contributed by atoms with Gasteiger partial charge in [0.05, 0.1) is 11.1 Å². The van der Waals surface area contributed by atoms with Gasteiger partial charge in [0.1, 0.15) is 4.83 Å². The fourth-order valence-electron chi connectivity index (χ4n) is 3.23. The highest BCUT2D eigenvalue weighted by molar-refractivity contribution is 7.99. The Morgan fingerprint density at radius 3 is 2.65 bits per heavy atom. The molecular formula is C17H22N4O3S2. The smallest absolute Gasteiger partial charge is 0.321 e. The molecule has 2 aromatic heterocycles. The van der Waals surface area contributed by atoms with Gasteiger partial charge in [-0.1, -0.05) is 24.6 Å². The third-order valence-electron chi connectivity index (χ3n) is 4.70. The predicted octanol–water partition coefficient (Wildman–Crippen LogP) is 2.74. The van der Waals surface area contributed by atoms with Gasteiger partial charge in [-0.05, 0) is 32.3 Å². The Morgan fingerprint density at radius 2 is 2.00 bits per heavy atom. The van der Waals surface area contributed by atoms with E-state index in [-0.39, 0.29) is 17.4 Å². The zero-order chi connectivity index (χ0) is 18.8. The molecule has 0 saturated heterocycles. The van der Waals surface area contributed by atoms with Gasteiger partial charge in [-0.25, -0.2) is 9.78 Å². The molecule has 0 aromatic carbocycles. The van der Waals surface area contributed by atoms with Gasteiger partial charge in [0.25, 0.3) is 5.56 Å². The van der Waals surface area contributed by atoms with Crippen LogP contribution in [0.4, 0.5) is 4.79 Å². The minimum atomic E-state index is -0.545. The van der Waals surface area contributed by atoms with E-state index in [9.17, 15) is 14.4 Å². The molecule has 7 nitrogen and oxygen atoms in total. The highest BCUT2D eigenvalue weighted by atomic mass is 32.2. The molecule has 26 heavy (non-hydrogen) atoms. The fraction of sp³-hybridized carbons (Fsp3) is 0.529. The van der Waals surface area contributed by atoms with Gasteiger partial charge in [-0.15, -0.1) is 11.3 Å². The summed E-state index contributed by atoms with van der Waals surface area (Å²) in [5, 5.41) is 5.83. The number of imide groups is 1. The number of hydrogen-bond donors (Lipinski definition) is 2. The molecule has 2 aromatic rings. The molecule has 0 aliphatic heterocycles. The van der Waals surface area contributed by atoms with E-state index < -0.39 is 11.9 Å². The van der Waals surface area contributed by atoms with Crippen molar-refractivity contribution in [1.82, 2.24) is 20.2 Å². The maximum absolute atomic E-state index is 13.2. The van der Waals surface area contributed by atoms with Crippen LogP contribution < -0.4 is 16.2 Å². The predicted molar refractivity (Wildman–Crippen MR) is 104 cm³/mol. The Morgan fingerprint density at radius 1 is 1.31 bits per heavy atom. The molecule has 0 radical (unpaired) electrons. The van der Waals surface area contributed by atoms with Crippen LogP contribution in [0.15, 0.2) is 9.95 Å². The number of thiophene rings is 1. The van der Waals surface area contributed by atoms with Crippen molar-refractivity contribution in [2.24, 2.45) is 0 Å². The zero-order valence-electron chi connectivity index (χ0n) is 15.0. The maximum atomic E-state index is 13.2. The Hall–Kier alpha value is -1.87. The van der Waals surface area contributed by atoms with E-state index in [4.69, 9.17) is 4.98 Å². The molecule has 3 amide bonds. The van der Waals surface area contributed by atoms with Gasteiger partial charge >= 0.3 is 6.03 Å². The number of aromatic nitrogens is 2. The lowest BCUT2D eigenvalue weighted by molar-refractivity contribution is -0.117. The average molecular weight is 395 g/mol. The van der Waals surface area contributed by atoms with Crippen LogP contribution in [0.2, 0.25) is 0 Å². The van der Waals surface area contributed by atoms with Crippen molar-refractivity contribution in [1.29, 1.82) is 0 Å². The molecule has 1 aliphatic carbocycles. The second-order valence-electron chi connectivity index (χ2n) is 6.39. The van der Waals surface area contributed by atoms with Crippen LogP contribution in [0.1, 0.15) is 42.2 Å². The van der Waals surface area contributed by atoms with E-state index >= 15 is 0 Å². The summed E-state index contributed by atoms with van der Waals surface area (Å²) in [5.41, 5.74) is 0.973. The number of nitrogens with one attached hydrogen (secondary N) is 2. The number of hydrogen-bond acceptors (Lipinski definition) is 6. The van der Waals surface area contributed by atoms with E-state index in [2.05, 4.69) is 10.6 Å². The largest absolute Gasteiger partial charge is 0.341 e. The van der Waals surface area contributed by atoms with Gasteiger partial charge < -0.3 is 5.32 Å². The summed E-state index contributed by atoms with van der Waals surface area (Å²) in [6.45, 7) is 3.95. The highest BCUT2D eigenvalue weighted by Gasteiger charge is 2.25. The Labute approximate surface area is 159 Å². The number of thioether (sulfide) groups is 1. The van der Waals surface area contributed by atoms with Gasteiger partial charge in [-0.3, -0.25) is 19.5 Å². The topological polar surface area (TPSA) is 93.1 Å². The molecule has 0 unspecified atom stereocenters. The van der Waals surface area contributed by atoms with E-state index in [0.717, 1.165) is 36.1 Å². The molecule has 1 fully saturated rings. The van der Waals surface area contributed by atoms with Gasteiger partial charge in [0.15, 0.2) is 5.16 Å². The number of nitrogens with zero attached hydrogens (tertiary/aromatic N) is 2. The summed E-state index contributed by atoms with van der Waals surface area (Å²) >= 11 is 2.71. The number of rotatable bonds is 4. The van der Waals surface area contributed by atoms with Crippen molar-refractivity contribution in [2.75, 3.05) is 12.8 Å². The van der Waals surface area contributed by atoms with Crippen LogP contribution in [-0.2, 0) is 4.79 Å². The third kappa shape index (κ3) is 3.64. The highest BCUT2D eigenvalue weighted by Crippen LogP contribution is 2.34. The second-order valence-corrected chi connectivity index (χ2v) is 8.53. The average Bonchev–Trinajstić information content (AvgIpc) is 3.22. The molecule has 2 heterocycles. The van der Waals surface area contributed by atoms with Crippen molar-refractivity contribution >= 4 is 45.3 Å². The van der Waals surface area contributed by atoms with Crippen LogP contribution in [0.25, 0.3) is 10.2 Å². The van der Waals surface area contributed by atoms with Crippen molar-refractivity contribution in [3.8, 4) is 0 Å². The molecular weight excluding hydrogens is 372 g/mol. The zero-order valence-corrected chi connectivity index (χ0v) is 16.7. The van der Waals surface area contributed by atoms with Crippen LogP contribution in [0, 0.1) is 13.8 Å². The fourth-order valence-corrected chi connectivity index (χ4v) is 5.17. The Balaban J connectivity index is 1.97. The van der Waals surface area contributed by atoms with Crippen LogP contribution in [-0.4, -0.2) is 34.3 Å². The van der Waals surface area contributed by atoms with Crippen LogP contribution in [0.5, 0.6) is 0 Å². The van der Waals surface area contributed by atoms with Crippen molar-refractivity contribution in [3.63, 3.8) is 0 Å².